The zero-order chi connectivity index (χ0) is 17.2. The molecule has 0 spiro atoms. The lowest BCUT2D eigenvalue weighted by Crippen LogP contribution is -2.45. The summed E-state index contributed by atoms with van der Waals surface area (Å²) in [5.41, 5.74) is -1.44. The third-order valence-electron chi connectivity index (χ3n) is 4.50. The summed E-state index contributed by atoms with van der Waals surface area (Å²) in [5, 5.41) is 19.2. The molecular weight excluding hydrogens is 321 g/mol. The Morgan fingerprint density at radius 2 is 1.83 bits per heavy atom. The second kappa shape index (κ2) is 5.02. The van der Waals surface area contributed by atoms with Crippen molar-refractivity contribution in [2.75, 3.05) is 23.8 Å². The molecule has 2 aromatic heterocycles. The third kappa shape index (κ3) is 2.10. The quantitative estimate of drug-likeness (QED) is 0.557. The minimum absolute atomic E-state index is 0.0121. The highest BCUT2D eigenvalue weighted by atomic mass is 19.1. The van der Waals surface area contributed by atoms with E-state index in [-0.39, 0.29) is 36.0 Å². The first-order valence-electron chi connectivity index (χ1n) is 7.62. The number of rotatable bonds is 2. The predicted molar refractivity (Wildman–Crippen MR) is 82.9 cm³/mol. The SMILES string of the molecule is Nn1c(=O)c2cc(F)c(N3C[C@@H](O)[C@@H](O)C3)nc2n(C2CC2)c1=O. The number of aliphatic hydroxyl groups excluding tert-OH is 2. The fourth-order valence-electron chi connectivity index (χ4n) is 3.06. The highest BCUT2D eigenvalue weighted by Crippen LogP contribution is 2.35. The van der Waals surface area contributed by atoms with Crippen LogP contribution in [-0.4, -0.2) is 49.7 Å². The van der Waals surface area contributed by atoms with E-state index in [9.17, 15) is 24.2 Å². The summed E-state index contributed by atoms with van der Waals surface area (Å²) in [6.45, 7) is 0.0242. The van der Waals surface area contributed by atoms with Crippen LogP contribution in [0.15, 0.2) is 15.7 Å². The number of anilines is 1. The van der Waals surface area contributed by atoms with Gasteiger partial charge in [0.1, 0.15) is 0 Å². The molecular formula is C14H16FN5O4. The Hall–Kier alpha value is -2.46. The highest BCUT2D eigenvalue weighted by Gasteiger charge is 2.34. The fraction of sp³-hybridized carbons (Fsp3) is 0.500. The van der Waals surface area contributed by atoms with Gasteiger partial charge >= 0.3 is 5.69 Å². The lowest BCUT2D eigenvalue weighted by molar-refractivity contribution is 0.0572. The van der Waals surface area contributed by atoms with Gasteiger partial charge in [-0.1, -0.05) is 0 Å². The lowest BCUT2D eigenvalue weighted by Gasteiger charge is -2.19. The molecule has 0 radical (unpaired) electrons. The molecule has 3 heterocycles. The topological polar surface area (TPSA) is 127 Å². The van der Waals surface area contributed by atoms with Crippen molar-refractivity contribution in [3.05, 3.63) is 32.7 Å². The van der Waals surface area contributed by atoms with Crippen molar-refractivity contribution in [2.45, 2.75) is 31.1 Å². The minimum atomic E-state index is -1.01. The van der Waals surface area contributed by atoms with Crippen molar-refractivity contribution < 1.29 is 14.6 Å². The Balaban J connectivity index is 1.97. The Bertz CT molecular complexity index is 941. The molecule has 0 aromatic carbocycles. The van der Waals surface area contributed by atoms with Gasteiger partial charge in [-0.3, -0.25) is 9.36 Å². The largest absolute Gasteiger partial charge is 0.389 e. The summed E-state index contributed by atoms with van der Waals surface area (Å²) in [5.74, 6) is 4.62. The van der Waals surface area contributed by atoms with Crippen LogP contribution in [0.3, 0.4) is 0 Å². The molecule has 1 aliphatic carbocycles. The van der Waals surface area contributed by atoms with Crippen molar-refractivity contribution in [3.63, 3.8) is 0 Å². The van der Waals surface area contributed by atoms with E-state index in [4.69, 9.17) is 5.84 Å². The molecule has 2 aromatic rings. The standard InChI is InChI=1S/C14H16FN5O4/c15-8-3-7-11(17-12(8)18-4-9(21)10(22)5-18)19(6-1-2-6)14(24)20(16)13(7)23/h3,6,9-10,21-22H,1-2,4-5,16H2/t9-,10+. The van der Waals surface area contributed by atoms with Gasteiger partial charge in [0.05, 0.1) is 17.6 Å². The number of fused-ring (bicyclic) bond motifs is 1. The van der Waals surface area contributed by atoms with Crippen LogP contribution >= 0.6 is 0 Å². The van der Waals surface area contributed by atoms with Crippen molar-refractivity contribution in [2.24, 2.45) is 0 Å². The van der Waals surface area contributed by atoms with Crippen LogP contribution in [0.4, 0.5) is 10.2 Å². The van der Waals surface area contributed by atoms with Crippen molar-refractivity contribution >= 4 is 16.9 Å². The summed E-state index contributed by atoms with van der Waals surface area (Å²) < 4.78 is 16.2. The third-order valence-corrected chi connectivity index (χ3v) is 4.50. The maximum atomic E-state index is 14.4. The lowest BCUT2D eigenvalue weighted by atomic mass is 10.3. The van der Waals surface area contributed by atoms with Gasteiger partial charge < -0.3 is 21.0 Å². The highest BCUT2D eigenvalue weighted by molar-refractivity contribution is 5.77. The summed E-state index contributed by atoms with van der Waals surface area (Å²) in [7, 11) is 0. The second-order valence-electron chi connectivity index (χ2n) is 6.26. The number of nitrogens with zero attached hydrogens (tertiary/aromatic N) is 4. The zero-order valence-corrected chi connectivity index (χ0v) is 12.6. The molecule has 0 bridgehead atoms. The number of aliphatic hydroxyl groups is 2. The van der Waals surface area contributed by atoms with Gasteiger partial charge in [-0.25, -0.2) is 14.2 Å². The van der Waals surface area contributed by atoms with Crippen LogP contribution in [0.1, 0.15) is 18.9 Å². The van der Waals surface area contributed by atoms with E-state index < -0.39 is 29.3 Å². The van der Waals surface area contributed by atoms with Crippen molar-refractivity contribution in [1.29, 1.82) is 0 Å². The molecule has 128 valence electrons. The molecule has 2 fully saturated rings. The first kappa shape index (κ1) is 15.1. The van der Waals surface area contributed by atoms with Gasteiger partial charge in [0.2, 0.25) is 0 Å². The first-order chi connectivity index (χ1) is 11.4. The molecule has 9 nitrogen and oxygen atoms in total. The zero-order valence-electron chi connectivity index (χ0n) is 12.6. The van der Waals surface area contributed by atoms with E-state index in [1.165, 1.54) is 9.47 Å². The molecule has 0 amide bonds. The molecule has 2 atom stereocenters. The summed E-state index contributed by atoms with van der Waals surface area (Å²) in [6.07, 6.45) is -0.514. The maximum absolute atomic E-state index is 14.4. The fourth-order valence-corrected chi connectivity index (χ4v) is 3.06. The van der Waals surface area contributed by atoms with Gasteiger partial charge in [-0.2, -0.15) is 4.68 Å². The van der Waals surface area contributed by atoms with Crippen molar-refractivity contribution in [1.82, 2.24) is 14.2 Å². The molecule has 1 aliphatic heterocycles. The molecule has 10 heteroatoms. The van der Waals surface area contributed by atoms with Gasteiger partial charge in [0, 0.05) is 19.1 Å². The number of nitrogens with two attached hydrogens (primary N) is 1. The van der Waals surface area contributed by atoms with E-state index in [0.29, 0.717) is 4.68 Å². The Labute approximate surface area is 134 Å². The first-order valence-corrected chi connectivity index (χ1v) is 7.62. The summed E-state index contributed by atoms with van der Waals surface area (Å²) >= 11 is 0. The Morgan fingerprint density at radius 3 is 2.42 bits per heavy atom. The summed E-state index contributed by atoms with van der Waals surface area (Å²) in [6, 6.07) is 0.884. The number of halogens is 1. The molecule has 4 rings (SSSR count). The number of hydrogen-bond acceptors (Lipinski definition) is 7. The van der Waals surface area contributed by atoms with E-state index in [2.05, 4.69) is 4.98 Å². The molecule has 1 saturated heterocycles. The maximum Gasteiger partial charge on any atom is 0.351 e. The average Bonchev–Trinajstić information content (AvgIpc) is 3.32. The van der Waals surface area contributed by atoms with E-state index in [1.54, 1.807) is 0 Å². The number of pyridine rings is 1. The smallest absolute Gasteiger partial charge is 0.351 e. The second-order valence-corrected chi connectivity index (χ2v) is 6.26. The normalized spacial score (nSPS) is 24.0. The predicted octanol–water partition coefficient (Wildman–Crippen LogP) is -1.71. The summed E-state index contributed by atoms with van der Waals surface area (Å²) in [4.78, 5) is 30.0. The monoisotopic (exact) mass is 337 g/mol. The average molecular weight is 337 g/mol. The van der Waals surface area contributed by atoms with Gasteiger partial charge in [0.15, 0.2) is 17.3 Å². The molecule has 0 unspecified atom stereocenters. The van der Waals surface area contributed by atoms with Gasteiger partial charge in [-0.15, -0.1) is 0 Å². The van der Waals surface area contributed by atoms with Crippen molar-refractivity contribution in [3.8, 4) is 0 Å². The van der Waals surface area contributed by atoms with Crippen LogP contribution in [0.5, 0.6) is 0 Å². The Kier molecular flexibility index (Phi) is 3.15. The number of nitrogen functional groups attached to an aromatic ring is 1. The van der Waals surface area contributed by atoms with Gasteiger partial charge in [0.25, 0.3) is 5.56 Å². The number of aromatic nitrogens is 3. The number of β-amino-alcohol motifs (C(OH)–C–C–N with tert-alkyl or cyclic N) is 2. The molecule has 1 saturated carbocycles. The Morgan fingerprint density at radius 1 is 1.21 bits per heavy atom. The van der Waals surface area contributed by atoms with E-state index >= 15 is 0 Å². The van der Waals surface area contributed by atoms with Crippen LogP contribution < -0.4 is 22.0 Å². The van der Waals surface area contributed by atoms with E-state index in [0.717, 1.165) is 18.9 Å². The molecule has 4 N–H and O–H groups in total. The molecule has 2 aliphatic rings. The van der Waals surface area contributed by atoms with Gasteiger partial charge in [-0.05, 0) is 18.9 Å². The van der Waals surface area contributed by atoms with Crippen LogP contribution in [0.2, 0.25) is 0 Å². The van der Waals surface area contributed by atoms with Crippen LogP contribution in [0.25, 0.3) is 11.0 Å². The minimum Gasteiger partial charge on any atom is -0.389 e. The van der Waals surface area contributed by atoms with E-state index in [1.807, 2.05) is 0 Å². The number of hydrogen-bond donors (Lipinski definition) is 3. The molecule has 24 heavy (non-hydrogen) atoms. The van der Waals surface area contributed by atoms with Crippen LogP contribution in [0, 0.1) is 5.82 Å². The van der Waals surface area contributed by atoms with Crippen LogP contribution in [-0.2, 0) is 0 Å².